The van der Waals surface area contributed by atoms with E-state index in [9.17, 15) is 19.8 Å². The number of aryl methyl sites for hydroxylation is 1. The van der Waals surface area contributed by atoms with Gasteiger partial charge in [-0.3, -0.25) is 19.4 Å². The summed E-state index contributed by atoms with van der Waals surface area (Å²) in [7, 11) is 0. The lowest BCUT2D eigenvalue weighted by Gasteiger charge is -2.43. The van der Waals surface area contributed by atoms with Gasteiger partial charge < -0.3 is 50.0 Å². The number of likely N-dealkylation sites (tertiary alicyclic amines) is 1. The van der Waals surface area contributed by atoms with E-state index in [2.05, 4.69) is 69.3 Å². The number of rotatable bonds is 18. The van der Waals surface area contributed by atoms with Gasteiger partial charge >= 0.3 is 0 Å². The molecular weight excluding hydrogens is 973 g/mol. The molecular formula is C55H68N12O7S. The summed E-state index contributed by atoms with van der Waals surface area (Å²) in [5.74, 6) is 0.285. The molecule has 4 aliphatic heterocycles. The number of aromatic nitrogens is 5. The Bertz CT molecular complexity index is 2920. The zero-order valence-corrected chi connectivity index (χ0v) is 44.1. The minimum absolute atomic E-state index is 0.0503. The van der Waals surface area contributed by atoms with Crippen molar-refractivity contribution >= 4 is 40.3 Å². The Morgan fingerprint density at radius 3 is 2.40 bits per heavy atom. The molecule has 6 aromatic rings. The van der Waals surface area contributed by atoms with Gasteiger partial charge in [0, 0.05) is 106 Å². The molecule has 20 heteroatoms. The highest BCUT2D eigenvalue weighted by atomic mass is 32.1. The molecule has 2 bridgehead atoms. The molecule has 8 heterocycles. The third kappa shape index (κ3) is 11.4. The number of fused-ring (bicyclic) bond motifs is 2. The van der Waals surface area contributed by atoms with Crippen LogP contribution in [0.2, 0.25) is 0 Å². The Morgan fingerprint density at radius 1 is 0.907 bits per heavy atom. The molecule has 7 atom stereocenters. The second-order valence-corrected chi connectivity index (χ2v) is 21.6. The molecule has 0 saturated carbocycles. The molecule has 2 aromatic carbocycles. The number of amides is 2. The lowest BCUT2D eigenvalue weighted by Crippen LogP contribution is -2.54. The minimum Gasteiger partial charge on any atom is -0.507 e. The van der Waals surface area contributed by atoms with Crippen LogP contribution in [0, 0.1) is 12.8 Å². The van der Waals surface area contributed by atoms with Gasteiger partial charge in [0.15, 0.2) is 11.6 Å². The van der Waals surface area contributed by atoms with Gasteiger partial charge in [-0.25, -0.2) is 9.97 Å². The van der Waals surface area contributed by atoms with Crippen molar-refractivity contribution in [3.8, 4) is 39.2 Å². The predicted octanol–water partition coefficient (Wildman–Crippen LogP) is 6.15. The highest BCUT2D eigenvalue weighted by Gasteiger charge is 2.44. The maximum Gasteiger partial charge on any atom is 0.254 e. The highest BCUT2D eigenvalue weighted by molar-refractivity contribution is 7.13. The van der Waals surface area contributed by atoms with Gasteiger partial charge in [-0.15, -0.1) is 21.5 Å². The number of β-amino-alcohol motifs (C(OH)–C–C–N with tert-alkyl or cyclic N) is 1. The zero-order valence-electron chi connectivity index (χ0n) is 43.3. The molecule has 4 saturated heterocycles. The molecule has 10 rings (SSSR count). The van der Waals surface area contributed by atoms with E-state index in [4.69, 9.17) is 19.7 Å². The van der Waals surface area contributed by atoms with Gasteiger partial charge in [-0.05, 0) is 80.1 Å². The number of aliphatic hydroxyl groups excluding tert-OH is 1. The van der Waals surface area contributed by atoms with Crippen LogP contribution in [-0.4, -0.2) is 158 Å². The zero-order chi connectivity index (χ0) is 52.3. The maximum atomic E-state index is 14.3. The van der Waals surface area contributed by atoms with Crippen LogP contribution in [0.15, 0.2) is 89.0 Å². The number of thiazole rings is 1. The molecule has 2 unspecified atom stereocenters. The Morgan fingerprint density at radius 2 is 1.67 bits per heavy atom. The number of hydrogen-bond donors (Lipinski definition) is 4. The van der Waals surface area contributed by atoms with E-state index < -0.39 is 18.1 Å². The number of pyridine rings is 1. The first-order chi connectivity index (χ1) is 36.3. The molecule has 4 fully saturated rings. The fraction of sp³-hybridized carbons (Fsp3) is 0.473. The lowest BCUT2D eigenvalue weighted by atomic mass is 9.91. The topological polar surface area (TPSA) is 225 Å². The van der Waals surface area contributed by atoms with Gasteiger partial charge in [0.05, 0.1) is 39.6 Å². The van der Waals surface area contributed by atoms with Crippen LogP contribution < -0.4 is 30.3 Å². The van der Waals surface area contributed by atoms with Gasteiger partial charge in [0.2, 0.25) is 17.7 Å². The first-order valence-electron chi connectivity index (χ1n) is 26.2. The number of nitrogens with zero attached hydrogens (tertiary/aromatic N) is 10. The number of phenols is 1. The standard InChI is InChI=1S/C55H68N12O7S/c1-33(2)51(55(71)66-31-42(68)25-46(66)54(70)59-35(4)37-10-12-38(13-11-37)52-36(5)58-32-75-52)48-27-50(62-74-48)73-22-20-63-18-19-64(34(3)28-63)21-23-72-49-24-39(16-17-57-49)67-40-14-15-41(67)30-65(29-40)45-26-44(60-61-53(45)56)43-8-6-7-9-47(43)69/h6-13,16-17,24,26-27,32-35,40-42,46,51,68-69H,14-15,18-23,25,28-31H2,1-5H3,(H2,56,61)(H,59,70)/t34-,35+,40?,41?,42-,46+,51-/m1/s1. The van der Waals surface area contributed by atoms with Gasteiger partial charge in [0.1, 0.15) is 30.9 Å². The quantitative estimate of drug-likeness (QED) is 0.0758. The van der Waals surface area contributed by atoms with Crippen molar-refractivity contribution in [2.45, 2.75) is 96.1 Å². The first-order valence-corrected chi connectivity index (χ1v) is 27.0. The number of para-hydroxylation sites is 1. The number of benzene rings is 2. The normalized spacial score (nSPS) is 21.9. The Kier molecular flexibility index (Phi) is 15.5. The lowest BCUT2D eigenvalue weighted by molar-refractivity contribution is -0.141. The van der Waals surface area contributed by atoms with Crippen molar-refractivity contribution < 1.29 is 33.8 Å². The SMILES string of the molecule is Cc1ncsc1-c1ccc([C@H](C)NC(=O)[C@@H]2C[C@@H](O)CN2C(=O)[C@@H](c2cc(OCCN3CCN(CCOc4cc(N5C6CCC5CN(c5cc(-c7ccccc7O)nnc5N)C6)ccn4)[C@H](C)C3)no2)C(C)C)cc1. The van der Waals surface area contributed by atoms with Crippen molar-refractivity contribution in [1.29, 1.82) is 0 Å². The van der Waals surface area contributed by atoms with Crippen LogP contribution >= 0.6 is 11.3 Å². The summed E-state index contributed by atoms with van der Waals surface area (Å²) in [6.45, 7) is 16.6. The summed E-state index contributed by atoms with van der Waals surface area (Å²) in [6.07, 6.45) is 3.27. The van der Waals surface area contributed by atoms with Gasteiger partial charge in [-0.1, -0.05) is 50.2 Å². The molecule has 4 aliphatic rings. The fourth-order valence-corrected chi connectivity index (χ4v) is 12.2. The van der Waals surface area contributed by atoms with Gasteiger partial charge in [0.25, 0.3) is 5.88 Å². The molecule has 0 spiro atoms. The third-order valence-electron chi connectivity index (χ3n) is 15.3. The van der Waals surface area contributed by atoms with Crippen LogP contribution in [0.3, 0.4) is 0 Å². The fourth-order valence-electron chi connectivity index (χ4n) is 11.4. The largest absolute Gasteiger partial charge is 0.507 e. The van der Waals surface area contributed by atoms with Crippen LogP contribution in [0.1, 0.15) is 75.9 Å². The number of carbonyl (C=O) groups excluding carboxylic acids is 2. The summed E-state index contributed by atoms with van der Waals surface area (Å²) in [5, 5.41) is 37.0. The van der Waals surface area contributed by atoms with Crippen molar-refractivity contribution in [3.63, 3.8) is 0 Å². The number of hydrogen-bond acceptors (Lipinski definition) is 18. The number of carbonyl (C=O) groups is 2. The Labute approximate surface area is 441 Å². The van der Waals surface area contributed by atoms with Crippen LogP contribution in [0.5, 0.6) is 17.5 Å². The molecule has 75 heavy (non-hydrogen) atoms. The van der Waals surface area contributed by atoms with E-state index in [0.717, 1.165) is 85.2 Å². The van der Waals surface area contributed by atoms with E-state index in [0.29, 0.717) is 60.4 Å². The highest BCUT2D eigenvalue weighted by Crippen LogP contribution is 2.40. The average molecular weight is 1040 g/mol. The second kappa shape index (κ2) is 22.5. The molecule has 396 valence electrons. The summed E-state index contributed by atoms with van der Waals surface area (Å²) in [4.78, 5) is 49.2. The van der Waals surface area contributed by atoms with E-state index in [-0.39, 0.29) is 54.6 Å². The molecule has 19 nitrogen and oxygen atoms in total. The Hall–Kier alpha value is -6.87. The molecule has 4 aromatic heterocycles. The number of piperazine rings is 2. The minimum atomic E-state index is -0.833. The van der Waals surface area contributed by atoms with E-state index >= 15 is 0 Å². The summed E-state index contributed by atoms with van der Waals surface area (Å²) >= 11 is 1.59. The van der Waals surface area contributed by atoms with Gasteiger partial charge in [-0.2, -0.15) is 0 Å². The summed E-state index contributed by atoms with van der Waals surface area (Å²) in [6, 6.07) is 22.6. The van der Waals surface area contributed by atoms with E-state index in [1.807, 2.05) is 81.9 Å². The van der Waals surface area contributed by atoms with Crippen molar-refractivity contribution in [2.75, 3.05) is 81.1 Å². The summed E-state index contributed by atoms with van der Waals surface area (Å²) in [5.41, 5.74) is 14.3. The first kappa shape index (κ1) is 51.6. The van der Waals surface area contributed by atoms with Crippen LogP contribution in [-0.2, 0) is 9.59 Å². The van der Waals surface area contributed by atoms with E-state index in [1.54, 1.807) is 29.5 Å². The number of nitrogens with one attached hydrogen (secondary N) is 1. The molecule has 0 radical (unpaired) electrons. The number of aromatic hydroxyl groups is 1. The van der Waals surface area contributed by atoms with Crippen molar-refractivity contribution in [1.82, 2.24) is 45.3 Å². The monoisotopic (exact) mass is 1040 g/mol. The summed E-state index contributed by atoms with van der Waals surface area (Å²) < 4.78 is 18.1. The second-order valence-electron chi connectivity index (χ2n) is 20.8. The number of phenolic OH excluding ortho intramolecular Hbond substituents is 1. The number of ether oxygens (including phenoxy) is 2. The third-order valence-corrected chi connectivity index (χ3v) is 16.3. The van der Waals surface area contributed by atoms with Crippen LogP contribution in [0.4, 0.5) is 17.2 Å². The number of anilines is 3. The number of aliphatic hydroxyl groups is 1. The Balaban J connectivity index is 0.666. The molecule has 0 aliphatic carbocycles. The maximum absolute atomic E-state index is 14.3. The smallest absolute Gasteiger partial charge is 0.254 e. The molecule has 2 amide bonds. The van der Waals surface area contributed by atoms with Crippen LogP contribution in [0.25, 0.3) is 21.7 Å². The number of nitrogens with two attached hydrogens (primary N) is 1. The van der Waals surface area contributed by atoms with Crippen molar-refractivity contribution in [3.05, 3.63) is 102 Å². The average Bonchev–Trinajstić information content (AvgIpc) is 4.21. The van der Waals surface area contributed by atoms with Crippen molar-refractivity contribution in [2.24, 2.45) is 5.92 Å². The van der Waals surface area contributed by atoms with E-state index in [1.165, 1.54) is 4.90 Å². The number of nitrogen functional groups attached to an aromatic ring is 1. The molecule has 5 N–H and O–H groups in total. The predicted molar refractivity (Wildman–Crippen MR) is 287 cm³/mol.